The molecule has 1 aromatic carbocycles. The fraction of sp³-hybridized carbons (Fsp3) is 0.562. The Morgan fingerprint density at radius 3 is 2.43 bits per heavy atom. The maximum atomic E-state index is 12.0. The third kappa shape index (κ3) is 7.99. The number of benzene rings is 1. The summed E-state index contributed by atoms with van der Waals surface area (Å²) in [6.07, 6.45) is 4.07. The van der Waals surface area contributed by atoms with E-state index in [-0.39, 0.29) is 24.9 Å². The number of hydrogen-bond acceptors (Lipinski definition) is 4. The Morgan fingerprint density at radius 1 is 1.26 bits per heavy atom. The number of sulfonamides is 1. The lowest BCUT2D eigenvalue weighted by Gasteiger charge is -2.19. The molecular formula is C16H26N2O4S. The Hall–Kier alpha value is -1.60. The normalized spacial score (nSPS) is 12.7. The molecule has 0 aliphatic heterocycles. The molecule has 0 bridgehead atoms. The monoisotopic (exact) mass is 342 g/mol. The zero-order valence-electron chi connectivity index (χ0n) is 14.0. The average Bonchev–Trinajstić information content (AvgIpc) is 2.50. The smallest absolute Gasteiger partial charge is 0.221 e. The Morgan fingerprint density at radius 2 is 1.91 bits per heavy atom. The molecule has 23 heavy (non-hydrogen) atoms. The molecule has 0 saturated heterocycles. The Labute approximate surface area is 138 Å². The highest BCUT2D eigenvalue weighted by Crippen LogP contribution is 2.22. The first-order valence-corrected chi connectivity index (χ1v) is 9.62. The molecule has 1 amide bonds. The van der Waals surface area contributed by atoms with Gasteiger partial charge in [-0.3, -0.25) is 4.79 Å². The van der Waals surface area contributed by atoms with Gasteiger partial charge in [-0.1, -0.05) is 31.9 Å². The van der Waals surface area contributed by atoms with Gasteiger partial charge in [0.25, 0.3) is 0 Å². The lowest BCUT2D eigenvalue weighted by molar-refractivity contribution is -0.121. The minimum atomic E-state index is -3.27. The first-order valence-electron chi connectivity index (χ1n) is 7.73. The van der Waals surface area contributed by atoms with E-state index < -0.39 is 10.0 Å². The van der Waals surface area contributed by atoms with Crippen molar-refractivity contribution in [3.63, 3.8) is 0 Å². The van der Waals surface area contributed by atoms with Crippen molar-refractivity contribution in [1.82, 2.24) is 10.0 Å². The number of rotatable bonds is 10. The number of nitrogens with one attached hydrogen (secondary N) is 2. The molecule has 1 rings (SSSR count). The van der Waals surface area contributed by atoms with E-state index in [1.54, 1.807) is 7.11 Å². The molecule has 0 saturated carbocycles. The maximum absolute atomic E-state index is 12.0. The number of ether oxygens (including phenoxy) is 1. The summed E-state index contributed by atoms with van der Waals surface area (Å²) < 4.78 is 29.5. The highest BCUT2D eigenvalue weighted by Gasteiger charge is 2.14. The molecule has 0 aromatic heterocycles. The summed E-state index contributed by atoms with van der Waals surface area (Å²) in [5, 5.41) is 2.98. The largest absolute Gasteiger partial charge is 0.497 e. The van der Waals surface area contributed by atoms with E-state index in [2.05, 4.69) is 17.0 Å². The van der Waals surface area contributed by atoms with Crippen LogP contribution in [0.25, 0.3) is 0 Å². The molecule has 1 atom stereocenters. The molecule has 2 N–H and O–H groups in total. The van der Waals surface area contributed by atoms with Crippen LogP contribution in [0.15, 0.2) is 24.3 Å². The van der Waals surface area contributed by atoms with Crippen molar-refractivity contribution in [2.75, 3.05) is 19.9 Å². The van der Waals surface area contributed by atoms with Crippen LogP contribution < -0.4 is 14.8 Å². The zero-order valence-corrected chi connectivity index (χ0v) is 14.8. The second kappa shape index (κ2) is 9.52. The van der Waals surface area contributed by atoms with Crippen LogP contribution in [-0.2, 0) is 14.8 Å². The van der Waals surface area contributed by atoms with Gasteiger partial charge in [0.15, 0.2) is 0 Å². The van der Waals surface area contributed by atoms with Gasteiger partial charge in [-0.25, -0.2) is 13.1 Å². The first-order chi connectivity index (χ1) is 10.9. The zero-order chi connectivity index (χ0) is 17.3. The van der Waals surface area contributed by atoms with Gasteiger partial charge in [0.1, 0.15) is 5.75 Å². The van der Waals surface area contributed by atoms with Crippen LogP contribution in [0.4, 0.5) is 0 Å². The highest BCUT2D eigenvalue weighted by molar-refractivity contribution is 7.88. The van der Waals surface area contributed by atoms with Crippen molar-refractivity contribution in [1.29, 1.82) is 0 Å². The van der Waals surface area contributed by atoms with Crippen LogP contribution in [0.5, 0.6) is 5.75 Å². The van der Waals surface area contributed by atoms with Gasteiger partial charge in [0.2, 0.25) is 15.9 Å². The van der Waals surface area contributed by atoms with Gasteiger partial charge >= 0.3 is 0 Å². The van der Waals surface area contributed by atoms with Gasteiger partial charge < -0.3 is 10.1 Å². The van der Waals surface area contributed by atoms with Crippen molar-refractivity contribution >= 4 is 15.9 Å². The molecule has 130 valence electrons. The third-order valence-electron chi connectivity index (χ3n) is 3.42. The second-order valence-electron chi connectivity index (χ2n) is 5.45. The summed E-state index contributed by atoms with van der Waals surface area (Å²) in [5.74, 6) is 0.602. The minimum Gasteiger partial charge on any atom is -0.497 e. The molecule has 0 aliphatic carbocycles. The van der Waals surface area contributed by atoms with Crippen LogP contribution in [0.1, 0.15) is 44.2 Å². The molecular weight excluding hydrogens is 316 g/mol. The van der Waals surface area contributed by atoms with E-state index in [9.17, 15) is 13.2 Å². The lowest BCUT2D eigenvalue weighted by atomic mass is 10.0. The predicted octanol–water partition coefficient (Wildman–Crippen LogP) is 1.98. The fourth-order valence-electron chi connectivity index (χ4n) is 2.18. The van der Waals surface area contributed by atoms with E-state index in [4.69, 9.17) is 4.74 Å². The molecule has 0 heterocycles. The SMILES string of the molecule is CCCCC(NC(=O)CCNS(C)(=O)=O)c1ccc(OC)cc1. The number of hydrogen-bond donors (Lipinski definition) is 2. The Kier molecular flexibility index (Phi) is 8.05. The van der Waals surface area contributed by atoms with E-state index >= 15 is 0 Å². The van der Waals surface area contributed by atoms with Crippen molar-refractivity contribution in [2.24, 2.45) is 0 Å². The summed E-state index contributed by atoms with van der Waals surface area (Å²) in [4.78, 5) is 12.0. The van der Waals surface area contributed by atoms with Gasteiger partial charge in [-0.2, -0.15) is 0 Å². The molecule has 6 nitrogen and oxygen atoms in total. The quantitative estimate of drug-likeness (QED) is 0.681. The van der Waals surface area contributed by atoms with Crippen molar-refractivity contribution in [3.8, 4) is 5.75 Å². The topological polar surface area (TPSA) is 84.5 Å². The van der Waals surface area contributed by atoms with E-state index in [0.29, 0.717) is 0 Å². The number of amides is 1. The van der Waals surface area contributed by atoms with Gasteiger partial charge in [0.05, 0.1) is 19.4 Å². The molecule has 1 aromatic rings. The van der Waals surface area contributed by atoms with E-state index in [1.807, 2.05) is 24.3 Å². The minimum absolute atomic E-state index is 0.0772. The number of carbonyl (C=O) groups excluding carboxylic acids is 1. The number of unbranched alkanes of at least 4 members (excludes halogenated alkanes) is 1. The summed E-state index contributed by atoms with van der Waals surface area (Å²) >= 11 is 0. The third-order valence-corrected chi connectivity index (χ3v) is 4.14. The highest BCUT2D eigenvalue weighted by atomic mass is 32.2. The lowest BCUT2D eigenvalue weighted by Crippen LogP contribution is -2.32. The summed E-state index contributed by atoms with van der Waals surface area (Å²) in [7, 11) is -1.65. The van der Waals surface area contributed by atoms with E-state index in [0.717, 1.165) is 36.8 Å². The maximum Gasteiger partial charge on any atom is 0.221 e. The van der Waals surface area contributed by atoms with Crippen LogP contribution in [0.3, 0.4) is 0 Å². The van der Waals surface area contributed by atoms with Crippen LogP contribution in [0, 0.1) is 0 Å². The summed E-state index contributed by atoms with van der Waals surface area (Å²) in [5.41, 5.74) is 1.02. The molecule has 0 spiro atoms. The first kappa shape index (κ1) is 19.4. The summed E-state index contributed by atoms with van der Waals surface area (Å²) in [6, 6.07) is 7.53. The standard InChI is InChI=1S/C16H26N2O4S/c1-4-5-6-15(13-7-9-14(22-2)10-8-13)18-16(19)11-12-17-23(3,20)21/h7-10,15,17H,4-6,11-12H2,1-3H3,(H,18,19). The van der Waals surface area contributed by atoms with Crippen LogP contribution in [0.2, 0.25) is 0 Å². The van der Waals surface area contributed by atoms with Crippen molar-refractivity contribution < 1.29 is 17.9 Å². The molecule has 0 fully saturated rings. The van der Waals surface area contributed by atoms with Crippen LogP contribution in [-0.4, -0.2) is 34.2 Å². The van der Waals surface area contributed by atoms with Crippen LogP contribution >= 0.6 is 0 Å². The van der Waals surface area contributed by atoms with Gasteiger partial charge in [-0.15, -0.1) is 0 Å². The molecule has 0 aliphatic rings. The van der Waals surface area contributed by atoms with Gasteiger partial charge in [0, 0.05) is 13.0 Å². The summed E-state index contributed by atoms with van der Waals surface area (Å²) in [6.45, 7) is 2.21. The van der Waals surface area contributed by atoms with Gasteiger partial charge in [-0.05, 0) is 24.1 Å². The fourth-order valence-corrected chi connectivity index (χ4v) is 2.66. The number of carbonyl (C=O) groups is 1. The number of methoxy groups -OCH3 is 1. The molecule has 0 radical (unpaired) electrons. The Balaban J connectivity index is 2.64. The van der Waals surface area contributed by atoms with E-state index in [1.165, 1.54) is 0 Å². The second-order valence-corrected chi connectivity index (χ2v) is 7.28. The average molecular weight is 342 g/mol. The predicted molar refractivity (Wildman–Crippen MR) is 90.9 cm³/mol. The van der Waals surface area contributed by atoms with Crippen molar-refractivity contribution in [3.05, 3.63) is 29.8 Å². The molecule has 1 unspecified atom stereocenters. The molecule has 7 heteroatoms. The Bertz CT molecular complexity index is 585. The van der Waals surface area contributed by atoms with Crippen molar-refractivity contribution in [2.45, 2.75) is 38.6 Å².